The van der Waals surface area contributed by atoms with Gasteiger partial charge in [-0.25, -0.2) is 0 Å². The number of nitrogens with one attached hydrogen (secondary N) is 1. The van der Waals surface area contributed by atoms with E-state index in [9.17, 15) is 0 Å². The predicted molar refractivity (Wildman–Crippen MR) is 95.2 cm³/mol. The zero-order valence-corrected chi connectivity index (χ0v) is 12.7. The van der Waals surface area contributed by atoms with Crippen LogP contribution in [0, 0.1) is 0 Å². The van der Waals surface area contributed by atoms with Gasteiger partial charge in [0.15, 0.2) is 0 Å². The van der Waals surface area contributed by atoms with Crippen molar-refractivity contribution in [2.24, 2.45) is 10.2 Å². The third kappa shape index (κ3) is 3.95. The molecule has 0 aromatic heterocycles. The second kappa shape index (κ2) is 7.22. The van der Waals surface area contributed by atoms with Gasteiger partial charge in [0, 0.05) is 6.54 Å². The zero-order valence-electron chi connectivity index (χ0n) is 12.7. The number of nitrogens with two attached hydrogens (primary N) is 1. The fourth-order valence-corrected chi connectivity index (χ4v) is 2.19. The lowest BCUT2D eigenvalue weighted by Crippen LogP contribution is -1.98. The number of benzene rings is 3. The summed E-state index contributed by atoms with van der Waals surface area (Å²) in [6, 6.07) is 25.5. The molecule has 4 heteroatoms. The predicted octanol–water partition coefficient (Wildman–Crippen LogP) is 5.30. The number of hydrogen-bond donors (Lipinski definition) is 2. The Kier molecular flexibility index (Phi) is 4.64. The summed E-state index contributed by atoms with van der Waals surface area (Å²) < 4.78 is 0. The maximum Gasteiger partial charge on any atom is 0.109 e. The molecule has 4 nitrogen and oxygen atoms in total. The minimum atomic E-state index is 0.617. The van der Waals surface area contributed by atoms with Crippen molar-refractivity contribution < 1.29 is 0 Å². The van der Waals surface area contributed by atoms with E-state index in [0.717, 1.165) is 17.9 Å². The number of hydrogen-bond acceptors (Lipinski definition) is 4. The highest BCUT2D eigenvalue weighted by Gasteiger charge is 2.01. The second-order valence-electron chi connectivity index (χ2n) is 5.12. The molecule has 0 spiro atoms. The highest BCUT2D eigenvalue weighted by molar-refractivity contribution is 5.66. The molecule has 0 radical (unpaired) electrons. The van der Waals surface area contributed by atoms with Crippen LogP contribution in [0.5, 0.6) is 0 Å². The molecular formula is C19H18N4. The van der Waals surface area contributed by atoms with Gasteiger partial charge in [-0.15, -0.1) is 10.2 Å². The van der Waals surface area contributed by atoms with Gasteiger partial charge in [-0.1, -0.05) is 54.6 Å². The normalized spacial score (nSPS) is 10.8. The van der Waals surface area contributed by atoms with E-state index in [1.165, 1.54) is 5.56 Å². The molecule has 0 aliphatic rings. The molecule has 0 saturated carbocycles. The second-order valence-corrected chi connectivity index (χ2v) is 5.12. The van der Waals surface area contributed by atoms with E-state index >= 15 is 0 Å². The molecule has 0 bridgehead atoms. The molecule has 0 aliphatic carbocycles. The zero-order chi connectivity index (χ0) is 15.9. The van der Waals surface area contributed by atoms with E-state index in [1.54, 1.807) is 0 Å². The van der Waals surface area contributed by atoms with Crippen LogP contribution in [0.3, 0.4) is 0 Å². The Morgan fingerprint density at radius 1 is 0.696 bits per heavy atom. The monoisotopic (exact) mass is 302 g/mol. The summed E-state index contributed by atoms with van der Waals surface area (Å²) in [5.74, 6) is 0. The molecule has 3 N–H and O–H groups in total. The molecule has 0 unspecified atom stereocenters. The lowest BCUT2D eigenvalue weighted by atomic mass is 10.2. The Balaban J connectivity index is 1.77. The van der Waals surface area contributed by atoms with Gasteiger partial charge in [0.05, 0.1) is 11.4 Å². The van der Waals surface area contributed by atoms with E-state index in [0.29, 0.717) is 11.4 Å². The quantitative estimate of drug-likeness (QED) is 0.496. The average molecular weight is 302 g/mol. The fraction of sp³-hybridized carbons (Fsp3) is 0.0526. The summed E-state index contributed by atoms with van der Waals surface area (Å²) in [5.41, 5.74) is 10.1. The molecule has 3 rings (SSSR count). The summed E-state index contributed by atoms with van der Waals surface area (Å²) >= 11 is 0. The lowest BCUT2D eigenvalue weighted by molar-refractivity contribution is 1.14. The summed E-state index contributed by atoms with van der Waals surface area (Å²) in [6.07, 6.45) is 0. The number of nitrogen functional groups attached to an aromatic ring is 1. The molecular weight excluding hydrogens is 284 g/mol. The third-order valence-electron chi connectivity index (χ3n) is 3.43. The highest BCUT2D eigenvalue weighted by atomic mass is 15.1. The molecule has 0 fully saturated rings. The molecule has 3 aromatic carbocycles. The molecule has 23 heavy (non-hydrogen) atoms. The SMILES string of the molecule is Nc1ccccc1N=Nc1ccccc1NCc1ccccc1. The van der Waals surface area contributed by atoms with Gasteiger partial charge in [-0.3, -0.25) is 0 Å². The summed E-state index contributed by atoms with van der Waals surface area (Å²) in [4.78, 5) is 0. The van der Waals surface area contributed by atoms with Crippen molar-refractivity contribution in [1.82, 2.24) is 0 Å². The molecule has 0 aliphatic heterocycles. The molecule has 0 saturated heterocycles. The van der Waals surface area contributed by atoms with E-state index in [1.807, 2.05) is 66.7 Å². The number of anilines is 2. The van der Waals surface area contributed by atoms with Gasteiger partial charge in [0.1, 0.15) is 11.4 Å². The molecule has 0 heterocycles. The van der Waals surface area contributed by atoms with Gasteiger partial charge in [0.2, 0.25) is 0 Å². The van der Waals surface area contributed by atoms with Gasteiger partial charge < -0.3 is 11.1 Å². The van der Waals surface area contributed by atoms with E-state index in [2.05, 4.69) is 27.7 Å². The first-order chi connectivity index (χ1) is 11.3. The lowest BCUT2D eigenvalue weighted by Gasteiger charge is -2.08. The minimum Gasteiger partial charge on any atom is -0.397 e. The summed E-state index contributed by atoms with van der Waals surface area (Å²) in [7, 11) is 0. The Hall–Kier alpha value is -3.14. The summed E-state index contributed by atoms with van der Waals surface area (Å²) in [5, 5.41) is 12.0. The van der Waals surface area contributed by atoms with Crippen molar-refractivity contribution in [3.63, 3.8) is 0 Å². The van der Waals surface area contributed by atoms with Crippen molar-refractivity contribution in [2.45, 2.75) is 6.54 Å². The number of para-hydroxylation sites is 2. The Morgan fingerprint density at radius 3 is 2.09 bits per heavy atom. The van der Waals surface area contributed by atoms with Crippen LogP contribution in [-0.4, -0.2) is 0 Å². The first kappa shape index (κ1) is 14.8. The third-order valence-corrected chi connectivity index (χ3v) is 3.43. The number of nitrogens with zero attached hydrogens (tertiary/aromatic N) is 2. The van der Waals surface area contributed by atoms with Crippen LogP contribution in [0.15, 0.2) is 89.1 Å². The number of azo groups is 1. The van der Waals surface area contributed by atoms with Crippen molar-refractivity contribution >= 4 is 22.7 Å². The molecule has 3 aromatic rings. The van der Waals surface area contributed by atoms with Crippen LogP contribution < -0.4 is 11.1 Å². The van der Waals surface area contributed by atoms with Crippen molar-refractivity contribution in [1.29, 1.82) is 0 Å². The van der Waals surface area contributed by atoms with Crippen LogP contribution in [-0.2, 0) is 6.54 Å². The topological polar surface area (TPSA) is 62.8 Å². The van der Waals surface area contributed by atoms with Gasteiger partial charge in [-0.05, 0) is 29.8 Å². The largest absolute Gasteiger partial charge is 0.397 e. The molecule has 0 atom stereocenters. The van der Waals surface area contributed by atoms with E-state index in [4.69, 9.17) is 5.73 Å². The van der Waals surface area contributed by atoms with Crippen molar-refractivity contribution in [3.8, 4) is 0 Å². The summed E-state index contributed by atoms with van der Waals surface area (Å²) in [6.45, 7) is 0.737. The van der Waals surface area contributed by atoms with E-state index in [-0.39, 0.29) is 0 Å². The Labute approximate surface area is 135 Å². The molecule has 0 amide bonds. The standard InChI is InChI=1S/C19H18N4/c20-16-10-4-5-11-17(16)22-23-19-13-7-6-12-18(19)21-14-15-8-2-1-3-9-15/h1-13,21H,14,20H2. The Morgan fingerprint density at radius 2 is 1.30 bits per heavy atom. The van der Waals surface area contributed by atoms with Gasteiger partial charge in [-0.2, -0.15) is 0 Å². The van der Waals surface area contributed by atoms with Crippen molar-refractivity contribution in [3.05, 3.63) is 84.4 Å². The van der Waals surface area contributed by atoms with Crippen LogP contribution in [0.25, 0.3) is 0 Å². The maximum atomic E-state index is 5.89. The highest BCUT2D eigenvalue weighted by Crippen LogP contribution is 2.28. The van der Waals surface area contributed by atoms with Crippen LogP contribution >= 0.6 is 0 Å². The van der Waals surface area contributed by atoms with Crippen molar-refractivity contribution in [2.75, 3.05) is 11.1 Å². The van der Waals surface area contributed by atoms with Gasteiger partial charge >= 0.3 is 0 Å². The number of rotatable bonds is 5. The maximum absolute atomic E-state index is 5.89. The van der Waals surface area contributed by atoms with Crippen LogP contribution in [0.1, 0.15) is 5.56 Å². The fourth-order valence-electron chi connectivity index (χ4n) is 2.19. The van der Waals surface area contributed by atoms with E-state index < -0.39 is 0 Å². The average Bonchev–Trinajstić information content (AvgIpc) is 2.61. The van der Waals surface area contributed by atoms with Gasteiger partial charge in [0.25, 0.3) is 0 Å². The van der Waals surface area contributed by atoms with Crippen LogP contribution in [0.2, 0.25) is 0 Å². The first-order valence-electron chi connectivity index (χ1n) is 7.46. The molecule has 114 valence electrons. The minimum absolute atomic E-state index is 0.617. The van der Waals surface area contributed by atoms with Crippen LogP contribution in [0.4, 0.5) is 22.7 Å². The smallest absolute Gasteiger partial charge is 0.109 e. The first-order valence-corrected chi connectivity index (χ1v) is 7.46. The Bertz CT molecular complexity index is 797.